The van der Waals surface area contributed by atoms with E-state index in [0.717, 1.165) is 33.7 Å². The van der Waals surface area contributed by atoms with Gasteiger partial charge in [0.25, 0.3) is 5.91 Å². The van der Waals surface area contributed by atoms with Gasteiger partial charge >= 0.3 is 5.97 Å². The minimum atomic E-state index is -0.592. The summed E-state index contributed by atoms with van der Waals surface area (Å²) in [7, 11) is 1.61. The van der Waals surface area contributed by atoms with Gasteiger partial charge in [0.1, 0.15) is 11.6 Å². The first-order valence-corrected chi connectivity index (χ1v) is 12.2. The van der Waals surface area contributed by atoms with Gasteiger partial charge < -0.3 is 9.47 Å². The standard InChI is InChI=1S/C23H21N5O4S2/c1-14-26-27-23(33-3)28(14)17-8-4-16(5-9-17)21(30)32-12-20(29)25-22-24-19(13-34-22)15-6-10-18(31-2)11-7-15/h4-11,13H,12H2,1-3H3,(H,24,25,29). The number of hydrogen-bond acceptors (Lipinski definition) is 9. The average molecular weight is 496 g/mol. The molecular weight excluding hydrogens is 474 g/mol. The van der Waals surface area contributed by atoms with Gasteiger partial charge in [-0.25, -0.2) is 9.78 Å². The number of methoxy groups -OCH3 is 1. The van der Waals surface area contributed by atoms with Gasteiger partial charge in [-0.1, -0.05) is 11.8 Å². The third-order valence-corrected chi connectivity index (χ3v) is 6.20. The largest absolute Gasteiger partial charge is 0.497 e. The van der Waals surface area contributed by atoms with Gasteiger partial charge in [0.2, 0.25) is 0 Å². The van der Waals surface area contributed by atoms with E-state index in [1.54, 1.807) is 31.4 Å². The van der Waals surface area contributed by atoms with E-state index in [1.165, 1.54) is 23.1 Å². The van der Waals surface area contributed by atoms with Crippen LogP contribution in [0.3, 0.4) is 0 Å². The van der Waals surface area contributed by atoms with Crippen molar-refractivity contribution in [1.82, 2.24) is 19.7 Å². The van der Waals surface area contributed by atoms with E-state index in [2.05, 4.69) is 20.5 Å². The number of aryl methyl sites for hydroxylation is 1. The highest BCUT2D eigenvalue weighted by Gasteiger charge is 2.14. The van der Waals surface area contributed by atoms with Crippen molar-refractivity contribution in [1.29, 1.82) is 0 Å². The first kappa shape index (κ1) is 23.5. The second kappa shape index (κ2) is 10.5. The quantitative estimate of drug-likeness (QED) is 0.286. The molecule has 0 unspecified atom stereocenters. The predicted molar refractivity (Wildman–Crippen MR) is 131 cm³/mol. The predicted octanol–water partition coefficient (Wildman–Crippen LogP) is 4.23. The number of aromatic nitrogens is 4. The highest BCUT2D eigenvalue weighted by molar-refractivity contribution is 7.98. The number of thioether (sulfide) groups is 1. The minimum Gasteiger partial charge on any atom is -0.497 e. The third-order valence-electron chi connectivity index (χ3n) is 4.81. The van der Waals surface area contributed by atoms with Crippen molar-refractivity contribution >= 4 is 40.1 Å². The zero-order chi connectivity index (χ0) is 24.1. The maximum absolute atomic E-state index is 12.4. The lowest BCUT2D eigenvalue weighted by Gasteiger charge is -2.08. The Morgan fingerprint density at radius 1 is 1.09 bits per heavy atom. The maximum Gasteiger partial charge on any atom is 0.338 e. The number of carbonyl (C=O) groups excluding carboxylic acids is 2. The Morgan fingerprint density at radius 3 is 2.50 bits per heavy atom. The van der Waals surface area contributed by atoms with Crippen LogP contribution >= 0.6 is 23.1 Å². The Kier molecular flexibility index (Phi) is 7.24. The number of thiazole rings is 1. The highest BCUT2D eigenvalue weighted by Crippen LogP contribution is 2.26. The molecule has 9 nitrogen and oxygen atoms in total. The number of hydrogen-bond donors (Lipinski definition) is 1. The minimum absolute atomic E-state index is 0.337. The normalized spacial score (nSPS) is 10.7. The molecule has 0 bridgehead atoms. The smallest absolute Gasteiger partial charge is 0.338 e. The number of benzene rings is 2. The topological polar surface area (TPSA) is 108 Å². The summed E-state index contributed by atoms with van der Waals surface area (Å²) >= 11 is 2.77. The van der Waals surface area contributed by atoms with Gasteiger partial charge in [0.05, 0.1) is 18.4 Å². The van der Waals surface area contributed by atoms with Crippen molar-refractivity contribution in [3.8, 4) is 22.7 Å². The Labute approximate surface area is 204 Å². The second-order valence-electron chi connectivity index (χ2n) is 7.01. The van der Waals surface area contributed by atoms with Gasteiger partial charge in [-0.15, -0.1) is 21.5 Å². The molecule has 2 aromatic carbocycles. The third kappa shape index (κ3) is 5.26. The molecule has 1 amide bonds. The molecule has 0 spiro atoms. The fraction of sp³-hybridized carbons (Fsp3) is 0.174. The molecule has 34 heavy (non-hydrogen) atoms. The number of nitrogens with one attached hydrogen (secondary N) is 1. The zero-order valence-corrected chi connectivity index (χ0v) is 20.3. The lowest BCUT2D eigenvalue weighted by Crippen LogP contribution is -2.20. The van der Waals surface area contributed by atoms with Gasteiger partial charge in [-0.05, 0) is 61.7 Å². The lowest BCUT2D eigenvalue weighted by molar-refractivity contribution is -0.119. The first-order chi connectivity index (χ1) is 16.5. The Bertz CT molecular complexity index is 1300. The molecule has 11 heteroatoms. The fourth-order valence-corrected chi connectivity index (χ4v) is 4.39. The molecule has 0 aliphatic carbocycles. The van der Waals surface area contributed by atoms with Crippen LogP contribution in [0.4, 0.5) is 5.13 Å². The Morgan fingerprint density at radius 2 is 1.82 bits per heavy atom. The number of anilines is 1. The van der Waals surface area contributed by atoms with E-state index in [4.69, 9.17) is 9.47 Å². The molecule has 0 radical (unpaired) electrons. The second-order valence-corrected chi connectivity index (χ2v) is 8.64. The van der Waals surface area contributed by atoms with Crippen molar-refractivity contribution < 1.29 is 19.1 Å². The number of ether oxygens (including phenoxy) is 2. The molecule has 0 aliphatic rings. The van der Waals surface area contributed by atoms with Crippen LogP contribution in [0.5, 0.6) is 5.75 Å². The summed E-state index contributed by atoms with van der Waals surface area (Å²) in [6, 6.07) is 14.3. The molecule has 2 aromatic heterocycles. The summed E-state index contributed by atoms with van der Waals surface area (Å²) < 4.78 is 12.2. The van der Waals surface area contributed by atoms with Crippen molar-refractivity contribution in [3.63, 3.8) is 0 Å². The Hall–Kier alpha value is -3.70. The molecule has 0 saturated heterocycles. The van der Waals surface area contributed by atoms with Crippen molar-refractivity contribution in [2.75, 3.05) is 25.3 Å². The molecule has 0 aliphatic heterocycles. The molecule has 174 valence electrons. The van der Waals surface area contributed by atoms with E-state index < -0.39 is 18.5 Å². The maximum atomic E-state index is 12.4. The van der Waals surface area contributed by atoms with E-state index in [9.17, 15) is 9.59 Å². The summed E-state index contributed by atoms with van der Waals surface area (Å²) in [4.78, 5) is 29.0. The van der Waals surface area contributed by atoms with Gasteiger partial charge in [0.15, 0.2) is 16.9 Å². The van der Waals surface area contributed by atoms with Crippen LogP contribution < -0.4 is 10.1 Å². The van der Waals surface area contributed by atoms with Gasteiger partial charge in [0, 0.05) is 16.6 Å². The SMILES string of the molecule is COc1ccc(-c2csc(NC(=O)COC(=O)c3ccc(-n4c(C)nnc4SC)cc3)n2)cc1. The van der Waals surface area contributed by atoms with E-state index >= 15 is 0 Å². The number of amides is 1. The molecule has 0 fully saturated rings. The van der Waals surface area contributed by atoms with E-state index in [-0.39, 0.29) is 0 Å². The van der Waals surface area contributed by atoms with Gasteiger partial charge in [-0.2, -0.15) is 0 Å². The summed E-state index contributed by atoms with van der Waals surface area (Å²) in [5.41, 5.74) is 2.80. The highest BCUT2D eigenvalue weighted by atomic mass is 32.2. The van der Waals surface area contributed by atoms with E-state index in [1.807, 2.05) is 47.4 Å². The van der Waals surface area contributed by atoms with Crippen molar-refractivity contribution in [3.05, 3.63) is 65.3 Å². The van der Waals surface area contributed by atoms with Crippen LogP contribution in [0, 0.1) is 6.92 Å². The molecule has 4 rings (SSSR count). The van der Waals surface area contributed by atoms with Crippen LogP contribution in [-0.2, 0) is 9.53 Å². The van der Waals surface area contributed by atoms with Crippen LogP contribution in [0.15, 0.2) is 59.1 Å². The number of carbonyl (C=O) groups is 2. The zero-order valence-electron chi connectivity index (χ0n) is 18.6. The first-order valence-electron chi connectivity index (χ1n) is 10.1. The van der Waals surface area contributed by atoms with Crippen LogP contribution in [0.25, 0.3) is 16.9 Å². The molecule has 1 N–H and O–H groups in total. The average Bonchev–Trinajstić information content (AvgIpc) is 3.49. The van der Waals surface area contributed by atoms with E-state index in [0.29, 0.717) is 10.7 Å². The Balaban J connectivity index is 1.32. The molecule has 4 aromatic rings. The summed E-state index contributed by atoms with van der Waals surface area (Å²) in [5, 5.41) is 13.9. The monoisotopic (exact) mass is 495 g/mol. The molecule has 0 atom stereocenters. The van der Waals surface area contributed by atoms with Crippen LogP contribution in [0.2, 0.25) is 0 Å². The van der Waals surface area contributed by atoms with Crippen molar-refractivity contribution in [2.45, 2.75) is 12.1 Å². The summed E-state index contributed by atoms with van der Waals surface area (Å²) in [6.45, 7) is 1.44. The van der Waals surface area contributed by atoms with Crippen molar-refractivity contribution in [2.24, 2.45) is 0 Å². The van der Waals surface area contributed by atoms with Crippen LogP contribution in [-0.4, -0.2) is 51.6 Å². The molecule has 2 heterocycles. The number of nitrogens with zero attached hydrogens (tertiary/aromatic N) is 4. The summed E-state index contributed by atoms with van der Waals surface area (Å²) in [6.07, 6.45) is 1.92. The molecular formula is C23H21N5O4S2. The number of esters is 1. The van der Waals surface area contributed by atoms with Gasteiger partial charge in [-0.3, -0.25) is 14.7 Å². The molecule has 0 saturated carbocycles. The fourth-order valence-electron chi connectivity index (χ4n) is 3.11. The van der Waals surface area contributed by atoms with Crippen LogP contribution in [0.1, 0.15) is 16.2 Å². The lowest BCUT2D eigenvalue weighted by atomic mass is 10.2. The number of rotatable bonds is 8. The summed E-state index contributed by atoms with van der Waals surface area (Å²) in [5.74, 6) is 0.437.